The Balaban J connectivity index is 2.29. The topological polar surface area (TPSA) is 49.4 Å². The molecule has 1 aliphatic carbocycles. The van der Waals surface area contributed by atoms with Gasteiger partial charge in [0, 0.05) is 19.0 Å². The Morgan fingerprint density at radius 3 is 2.37 bits per heavy atom. The fraction of sp³-hybridized carbons (Fsp3) is 0.867. The molecule has 1 N–H and O–H groups in total. The summed E-state index contributed by atoms with van der Waals surface area (Å²) >= 11 is 0. The van der Waals surface area contributed by atoms with Crippen molar-refractivity contribution in [2.45, 2.75) is 65.5 Å². The van der Waals surface area contributed by atoms with Crippen molar-refractivity contribution in [1.29, 1.82) is 0 Å². The van der Waals surface area contributed by atoms with Crippen LogP contribution in [0.4, 0.5) is 0 Å². The molecule has 19 heavy (non-hydrogen) atoms. The zero-order valence-corrected chi connectivity index (χ0v) is 12.7. The maximum Gasteiger partial charge on any atom is 0.248 e. The van der Waals surface area contributed by atoms with Gasteiger partial charge in [-0.25, -0.2) is 0 Å². The lowest BCUT2D eigenvalue weighted by atomic mass is 9.85. The van der Waals surface area contributed by atoms with E-state index in [1.807, 2.05) is 11.8 Å². The molecule has 2 fully saturated rings. The summed E-state index contributed by atoms with van der Waals surface area (Å²) in [4.78, 5) is 26.7. The Morgan fingerprint density at radius 1 is 1.32 bits per heavy atom. The van der Waals surface area contributed by atoms with Crippen molar-refractivity contribution in [3.63, 3.8) is 0 Å². The lowest BCUT2D eigenvalue weighted by Crippen LogP contribution is -2.59. The highest BCUT2D eigenvalue weighted by molar-refractivity contribution is 5.94. The van der Waals surface area contributed by atoms with Gasteiger partial charge in [0.25, 0.3) is 0 Å². The number of nitrogens with zero attached hydrogens (tertiary/aromatic N) is 1. The Morgan fingerprint density at radius 2 is 1.89 bits per heavy atom. The number of amides is 2. The molecule has 0 radical (unpaired) electrons. The molecular weight excluding hydrogens is 240 g/mol. The van der Waals surface area contributed by atoms with Gasteiger partial charge in [0.15, 0.2) is 0 Å². The van der Waals surface area contributed by atoms with Gasteiger partial charge in [-0.2, -0.15) is 0 Å². The quantitative estimate of drug-likeness (QED) is 0.830. The highest BCUT2D eigenvalue weighted by Gasteiger charge is 2.52. The molecule has 108 valence electrons. The molecule has 2 unspecified atom stereocenters. The summed E-state index contributed by atoms with van der Waals surface area (Å²) in [6.07, 6.45) is 2.50. The van der Waals surface area contributed by atoms with E-state index in [2.05, 4.69) is 33.0 Å². The van der Waals surface area contributed by atoms with Crippen LogP contribution in [-0.4, -0.2) is 34.8 Å². The zero-order valence-electron chi connectivity index (χ0n) is 12.7. The third-order valence-electron chi connectivity index (χ3n) is 4.80. The molecule has 1 saturated carbocycles. The van der Waals surface area contributed by atoms with Gasteiger partial charge in [0.1, 0.15) is 5.54 Å². The van der Waals surface area contributed by atoms with Crippen molar-refractivity contribution in [1.82, 2.24) is 10.2 Å². The van der Waals surface area contributed by atoms with Gasteiger partial charge in [-0.05, 0) is 38.0 Å². The average Bonchev–Trinajstić information content (AvgIpc) is 3.10. The molecule has 2 atom stereocenters. The Bertz CT molecular complexity index is 395. The molecule has 0 bridgehead atoms. The van der Waals surface area contributed by atoms with E-state index < -0.39 is 5.54 Å². The molecule has 0 aromatic rings. The number of rotatable bonds is 2. The number of hydrogen-bond acceptors (Lipinski definition) is 2. The van der Waals surface area contributed by atoms with Crippen molar-refractivity contribution >= 4 is 11.8 Å². The van der Waals surface area contributed by atoms with Gasteiger partial charge < -0.3 is 10.2 Å². The second-order valence-electron chi connectivity index (χ2n) is 7.32. The smallest absolute Gasteiger partial charge is 0.248 e. The van der Waals surface area contributed by atoms with E-state index in [9.17, 15) is 9.59 Å². The molecule has 0 aromatic heterocycles. The molecule has 2 amide bonds. The highest BCUT2D eigenvalue weighted by atomic mass is 16.2. The van der Waals surface area contributed by atoms with E-state index in [4.69, 9.17) is 0 Å². The third-order valence-corrected chi connectivity index (χ3v) is 4.80. The van der Waals surface area contributed by atoms with Gasteiger partial charge in [0.2, 0.25) is 11.8 Å². The normalized spacial score (nSPS) is 30.9. The summed E-state index contributed by atoms with van der Waals surface area (Å²) in [6.45, 7) is 10.9. The number of nitrogens with one attached hydrogen (secondary N) is 1. The highest BCUT2D eigenvalue weighted by Crippen LogP contribution is 2.42. The Kier molecular flexibility index (Phi) is 3.40. The first kappa shape index (κ1) is 14.4. The van der Waals surface area contributed by atoms with Crippen LogP contribution in [0.25, 0.3) is 0 Å². The van der Waals surface area contributed by atoms with Crippen LogP contribution in [-0.2, 0) is 9.59 Å². The van der Waals surface area contributed by atoms with Gasteiger partial charge in [-0.3, -0.25) is 9.59 Å². The summed E-state index contributed by atoms with van der Waals surface area (Å²) in [5.41, 5.74) is -0.666. The minimum absolute atomic E-state index is 0.00589. The lowest BCUT2D eigenvalue weighted by Gasteiger charge is -2.41. The van der Waals surface area contributed by atoms with E-state index in [0.29, 0.717) is 18.9 Å². The summed E-state index contributed by atoms with van der Waals surface area (Å²) in [5.74, 6) is 0.423. The largest absolute Gasteiger partial charge is 0.342 e. The molecule has 4 heteroatoms. The van der Waals surface area contributed by atoms with E-state index >= 15 is 0 Å². The number of hydrogen-bond donors (Lipinski definition) is 1. The van der Waals surface area contributed by atoms with Crippen molar-refractivity contribution in [3.05, 3.63) is 0 Å². The van der Waals surface area contributed by atoms with E-state index in [0.717, 1.165) is 12.8 Å². The average molecular weight is 266 g/mol. The van der Waals surface area contributed by atoms with Gasteiger partial charge in [0.05, 0.1) is 0 Å². The SMILES string of the molecule is CC(N1CCC(=O)NC(C)(C2CC2)C1=O)C(C)(C)C. The molecule has 1 saturated heterocycles. The number of carbonyl (C=O) groups excluding carboxylic acids is 2. The van der Waals surface area contributed by atoms with Crippen LogP contribution < -0.4 is 5.32 Å². The Labute approximate surface area is 115 Å². The van der Waals surface area contributed by atoms with Crippen LogP contribution >= 0.6 is 0 Å². The van der Waals surface area contributed by atoms with Gasteiger partial charge >= 0.3 is 0 Å². The summed E-state index contributed by atoms with van der Waals surface area (Å²) in [6, 6.07) is 0.130. The van der Waals surface area contributed by atoms with E-state index in [-0.39, 0.29) is 23.3 Å². The third kappa shape index (κ3) is 2.63. The first-order valence-corrected chi connectivity index (χ1v) is 7.28. The second-order valence-corrected chi connectivity index (χ2v) is 7.32. The molecule has 1 aliphatic heterocycles. The van der Waals surface area contributed by atoms with Crippen molar-refractivity contribution in [2.24, 2.45) is 11.3 Å². The fourth-order valence-corrected chi connectivity index (χ4v) is 2.80. The first-order valence-electron chi connectivity index (χ1n) is 7.28. The van der Waals surface area contributed by atoms with Gasteiger partial charge in [-0.15, -0.1) is 0 Å². The van der Waals surface area contributed by atoms with E-state index in [1.54, 1.807) is 0 Å². The minimum Gasteiger partial charge on any atom is -0.342 e. The van der Waals surface area contributed by atoms with Crippen LogP contribution in [0.2, 0.25) is 0 Å². The summed E-state index contributed by atoms with van der Waals surface area (Å²) < 4.78 is 0. The Hall–Kier alpha value is -1.06. The lowest BCUT2D eigenvalue weighted by molar-refractivity contribution is -0.142. The molecule has 0 spiro atoms. The van der Waals surface area contributed by atoms with Crippen molar-refractivity contribution < 1.29 is 9.59 Å². The zero-order chi connectivity index (χ0) is 14.4. The van der Waals surface area contributed by atoms with Crippen LogP contribution in [0.15, 0.2) is 0 Å². The van der Waals surface area contributed by atoms with E-state index in [1.165, 1.54) is 0 Å². The molecular formula is C15H26N2O2. The monoisotopic (exact) mass is 266 g/mol. The molecule has 0 aromatic carbocycles. The molecule has 4 nitrogen and oxygen atoms in total. The van der Waals surface area contributed by atoms with Crippen molar-refractivity contribution in [3.8, 4) is 0 Å². The predicted octanol–water partition coefficient (Wildman–Crippen LogP) is 1.94. The van der Waals surface area contributed by atoms with Gasteiger partial charge in [-0.1, -0.05) is 20.8 Å². The standard InChI is InChI=1S/C15H26N2O2/c1-10(14(2,3)4)17-9-8-12(18)16-15(5,13(17)19)11-6-7-11/h10-11H,6-9H2,1-5H3,(H,16,18). The molecule has 1 heterocycles. The minimum atomic E-state index is -0.687. The maximum absolute atomic E-state index is 12.9. The molecule has 2 aliphatic rings. The molecule has 2 rings (SSSR count). The fourth-order valence-electron chi connectivity index (χ4n) is 2.80. The predicted molar refractivity (Wildman–Crippen MR) is 74.5 cm³/mol. The van der Waals surface area contributed by atoms with Crippen LogP contribution in [0, 0.1) is 11.3 Å². The van der Waals surface area contributed by atoms with Crippen LogP contribution in [0.5, 0.6) is 0 Å². The van der Waals surface area contributed by atoms with Crippen molar-refractivity contribution in [2.75, 3.05) is 6.54 Å². The number of carbonyl (C=O) groups is 2. The second kappa shape index (κ2) is 4.50. The summed E-state index contributed by atoms with van der Waals surface area (Å²) in [5, 5.41) is 2.97. The van der Waals surface area contributed by atoms with Crippen LogP contribution in [0.3, 0.4) is 0 Å². The summed E-state index contributed by atoms with van der Waals surface area (Å²) in [7, 11) is 0. The van der Waals surface area contributed by atoms with Crippen LogP contribution in [0.1, 0.15) is 53.9 Å². The first-order chi connectivity index (χ1) is 8.66. The maximum atomic E-state index is 12.9.